The highest BCUT2D eigenvalue weighted by Crippen LogP contribution is 2.36. The molecular weight excluding hydrogens is 238 g/mol. The lowest BCUT2D eigenvalue weighted by Gasteiger charge is -2.31. The molecule has 102 valence electrons. The second-order valence-electron chi connectivity index (χ2n) is 5.05. The maximum absolute atomic E-state index is 10.8. The minimum Gasteiger partial charge on any atom is -0.466 e. The van der Waals surface area contributed by atoms with Gasteiger partial charge < -0.3 is 4.74 Å². The van der Waals surface area contributed by atoms with Crippen LogP contribution in [0.1, 0.15) is 39.2 Å². The number of hydrogen-bond donors (Lipinski definition) is 0. The Kier molecular flexibility index (Phi) is 5.57. The zero-order valence-corrected chi connectivity index (χ0v) is 11.8. The van der Waals surface area contributed by atoms with Gasteiger partial charge in [-0.1, -0.05) is 44.2 Å². The lowest BCUT2D eigenvalue weighted by atomic mass is 9.70. The van der Waals surface area contributed by atoms with Crippen molar-refractivity contribution < 1.29 is 9.53 Å². The summed E-state index contributed by atoms with van der Waals surface area (Å²) in [6.45, 7) is 5.89. The number of rotatable bonds is 6. The molecule has 0 unspecified atom stereocenters. The molecule has 0 aliphatic carbocycles. The summed E-state index contributed by atoms with van der Waals surface area (Å²) in [5, 5.41) is 9.65. The van der Waals surface area contributed by atoms with Gasteiger partial charge in [0.05, 0.1) is 18.1 Å². The van der Waals surface area contributed by atoms with E-state index in [4.69, 9.17) is 4.74 Å². The molecule has 0 saturated heterocycles. The van der Waals surface area contributed by atoms with Crippen molar-refractivity contribution in [1.82, 2.24) is 0 Å². The predicted molar refractivity (Wildman–Crippen MR) is 74.4 cm³/mol. The first-order valence-electron chi connectivity index (χ1n) is 6.63. The first kappa shape index (κ1) is 15.2. The molecule has 0 amide bonds. The molecular formula is C16H21NO2. The summed E-state index contributed by atoms with van der Waals surface area (Å²) >= 11 is 0. The van der Waals surface area contributed by atoms with Gasteiger partial charge in [-0.3, -0.25) is 4.79 Å². The first-order chi connectivity index (χ1) is 9.03. The third-order valence-electron chi connectivity index (χ3n) is 3.49. The molecule has 0 spiro atoms. The fourth-order valence-electron chi connectivity index (χ4n) is 2.32. The lowest BCUT2D eigenvalue weighted by Crippen LogP contribution is -2.31. The quantitative estimate of drug-likeness (QED) is 0.580. The fourth-order valence-corrected chi connectivity index (χ4v) is 2.32. The highest BCUT2D eigenvalue weighted by Gasteiger charge is 2.35. The van der Waals surface area contributed by atoms with Crippen molar-refractivity contribution >= 4 is 5.97 Å². The van der Waals surface area contributed by atoms with Crippen LogP contribution in [-0.4, -0.2) is 12.6 Å². The van der Waals surface area contributed by atoms with Crippen molar-refractivity contribution in [3.63, 3.8) is 0 Å². The molecule has 0 saturated carbocycles. The highest BCUT2D eigenvalue weighted by molar-refractivity contribution is 5.65. The molecule has 0 N–H and O–H groups in total. The smallest absolute Gasteiger partial charge is 0.302 e. The standard InChI is InChI=1S/C16H21NO2/c1-13(2)16(12-17,10-7-11-19-14(3)18)15-8-5-4-6-9-15/h4-6,8-9,13H,7,10-11H2,1-3H3/t16-/m1/s1. The fraction of sp³-hybridized carbons (Fsp3) is 0.500. The molecule has 1 rings (SSSR count). The zero-order chi connectivity index (χ0) is 14.3. The van der Waals surface area contributed by atoms with E-state index in [1.54, 1.807) is 0 Å². The molecule has 0 heterocycles. The average Bonchev–Trinajstić information content (AvgIpc) is 2.39. The van der Waals surface area contributed by atoms with E-state index >= 15 is 0 Å². The number of ether oxygens (including phenoxy) is 1. The SMILES string of the molecule is CC(=O)OCCC[C@](C#N)(c1ccccc1)C(C)C. The molecule has 0 aromatic heterocycles. The van der Waals surface area contributed by atoms with Crippen LogP contribution < -0.4 is 0 Å². The summed E-state index contributed by atoms with van der Waals surface area (Å²) in [5.74, 6) is -0.0657. The zero-order valence-electron chi connectivity index (χ0n) is 11.8. The van der Waals surface area contributed by atoms with E-state index in [0.717, 1.165) is 5.56 Å². The maximum Gasteiger partial charge on any atom is 0.302 e. The largest absolute Gasteiger partial charge is 0.466 e. The number of esters is 1. The van der Waals surface area contributed by atoms with Crippen LogP contribution in [0.4, 0.5) is 0 Å². The average molecular weight is 259 g/mol. The van der Waals surface area contributed by atoms with Gasteiger partial charge >= 0.3 is 5.97 Å². The number of hydrogen-bond acceptors (Lipinski definition) is 3. The van der Waals surface area contributed by atoms with Crippen LogP contribution in [0.25, 0.3) is 0 Å². The molecule has 0 aliphatic heterocycles. The van der Waals surface area contributed by atoms with Crippen molar-refractivity contribution in [2.24, 2.45) is 5.92 Å². The molecule has 1 atom stereocenters. The Morgan fingerprint density at radius 2 is 2.00 bits per heavy atom. The van der Waals surface area contributed by atoms with Gasteiger partial charge in [0.2, 0.25) is 0 Å². The Labute approximate surface area is 115 Å². The third-order valence-corrected chi connectivity index (χ3v) is 3.49. The number of carbonyl (C=O) groups is 1. The van der Waals surface area contributed by atoms with Crippen LogP contribution >= 0.6 is 0 Å². The van der Waals surface area contributed by atoms with Crippen molar-refractivity contribution in [2.75, 3.05) is 6.61 Å². The van der Waals surface area contributed by atoms with Gasteiger partial charge in [0.25, 0.3) is 0 Å². The Morgan fingerprint density at radius 1 is 1.37 bits per heavy atom. The predicted octanol–water partition coefficient (Wildman–Crippen LogP) is 3.45. The third kappa shape index (κ3) is 3.82. The second kappa shape index (κ2) is 6.94. The minimum atomic E-state index is -0.512. The second-order valence-corrected chi connectivity index (χ2v) is 5.05. The number of nitriles is 1. The van der Waals surface area contributed by atoms with Gasteiger partial charge in [0.15, 0.2) is 0 Å². The molecule has 3 nitrogen and oxygen atoms in total. The van der Waals surface area contributed by atoms with E-state index in [1.165, 1.54) is 6.92 Å². The number of carbonyl (C=O) groups excluding carboxylic acids is 1. The van der Waals surface area contributed by atoms with Crippen LogP contribution in [0, 0.1) is 17.2 Å². The minimum absolute atomic E-state index is 0.206. The molecule has 1 aromatic rings. The lowest BCUT2D eigenvalue weighted by molar-refractivity contribution is -0.141. The summed E-state index contributed by atoms with van der Waals surface area (Å²) in [4.78, 5) is 10.8. The van der Waals surface area contributed by atoms with Crippen molar-refractivity contribution in [2.45, 2.75) is 39.0 Å². The van der Waals surface area contributed by atoms with Crippen LogP contribution in [0.2, 0.25) is 0 Å². The monoisotopic (exact) mass is 259 g/mol. The van der Waals surface area contributed by atoms with Crippen molar-refractivity contribution in [3.05, 3.63) is 35.9 Å². The van der Waals surface area contributed by atoms with Crippen LogP contribution in [0.15, 0.2) is 30.3 Å². The van der Waals surface area contributed by atoms with Gasteiger partial charge in [0.1, 0.15) is 0 Å². The summed E-state index contributed by atoms with van der Waals surface area (Å²) in [6, 6.07) is 12.3. The molecule has 0 aliphatic rings. The van der Waals surface area contributed by atoms with E-state index in [9.17, 15) is 10.1 Å². The summed E-state index contributed by atoms with van der Waals surface area (Å²) in [6.07, 6.45) is 1.39. The van der Waals surface area contributed by atoms with E-state index in [0.29, 0.717) is 19.4 Å². The van der Waals surface area contributed by atoms with Gasteiger partial charge in [-0.15, -0.1) is 0 Å². The highest BCUT2D eigenvalue weighted by atomic mass is 16.5. The Hall–Kier alpha value is -1.82. The van der Waals surface area contributed by atoms with Crippen LogP contribution in [0.5, 0.6) is 0 Å². The number of nitrogens with zero attached hydrogens (tertiary/aromatic N) is 1. The van der Waals surface area contributed by atoms with E-state index in [2.05, 4.69) is 19.9 Å². The Balaban J connectivity index is 2.83. The van der Waals surface area contributed by atoms with Gasteiger partial charge in [-0.25, -0.2) is 0 Å². The van der Waals surface area contributed by atoms with E-state index in [1.807, 2.05) is 30.3 Å². The molecule has 0 bridgehead atoms. The molecule has 1 aromatic carbocycles. The van der Waals surface area contributed by atoms with Crippen molar-refractivity contribution in [3.8, 4) is 6.07 Å². The van der Waals surface area contributed by atoms with E-state index < -0.39 is 5.41 Å². The molecule has 19 heavy (non-hydrogen) atoms. The Bertz CT molecular complexity index is 448. The Morgan fingerprint density at radius 3 is 2.47 bits per heavy atom. The van der Waals surface area contributed by atoms with Gasteiger partial charge in [-0.2, -0.15) is 5.26 Å². The topological polar surface area (TPSA) is 50.1 Å². The summed E-state index contributed by atoms with van der Waals surface area (Å²) < 4.78 is 4.95. The van der Waals surface area contributed by atoms with Crippen molar-refractivity contribution in [1.29, 1.82) is 5.26 Å². The van der Waals surface area contributed by atoms with Gasteiger partial charge in [-0.05, 0) is 24.3 Å². The number of benzene rings is 1. The van der Waals surface area contributed by atoms with E-state index in [-0.39, 0.29) is 11.9 Å². The first-order valence-corrected chi connectivity index (χ1v) is 6.63. The normalized spacial score (nSPS) is 13.6. The molecule has 0 fully saturated rings. The summed E-state index contributed by atoms with van der Waals surface area (Å²) in [5.41, 5.74) is 0.525. The molecule has 3 heteroatoms. The van der Waals surface area contributed by atoms with Gasteiger partial charge in [0, 0.05) is 6.92 Å². The van der Waals surface area contributed by atoms with Crippen LogP contribution in [-0.2, 0) is 14.9 Å². The summed E-state index contributed by atoms with van der Waals surface area (Å²) in [7, 11) is 0. The maximum atomic E-state index is 10.8. The molecule has 0 radical (unpaired) electrons. The van der Waals surface area contributed by atoms with Crippen LogP contribution in [0.3, 0.4) is 0 Å².